The Labute approximate surface area is 82.7 Å². The van der Waals surface area contributed by atoms with Crippen LogP contribution < -0.4 is 0 Å². The Hall–Kier alpha value is -0.950. The molecule has 0 unspecified atom stereocenters. The molecular weight excluding hydrogens is 182 g/mol. The summed E-state index contributed by atoms with van der Waals surface area (Å²) in [6, 6.07) is 8.07. The Bertz CT molecular complexity index is 429. The van der Waals surface area contributed by atoms with Gasteiger partial charge in [0.15, 0.2) is 0 Å². The lowest BCUT2D eigenvalue weighted by Gasteiger charge is -1.97. The topological polar surface area (TPSA) is 15.8 Å². The molecule has 2 aromatic rings. The molecule has 0 radical (unpaired) electrons. The molecule has 0 saturated heterocycles. The Kier molecular flexibility index (Phi) is 2.04. The predicted molar refractivity (Wildman–Crippen MR) is 57.4 cm³/mol. The lowest BCUT2D eigenvalue weighted by atomic mass is 10.1. The molecule has 2 rings (SSSR count). The van der Waals surface area contributed by atoms with Gasteiger partial charge < -0.3 is 4.98 Å². The summed E-state index contributed by atoms with van der Waals surface area (Å²) in [5, 5.41) is 1.98. The molecule has 0 fully saturated rings. The van der Waals surface area contributed by atoms with Crippen molar-refractivity contribution in [2.45, 2.75) is 19.8 Å². The van der Waals surface area contributed by atoms with Crippen LogP contribution in [0.25, 0.3) is 10.9 Å². The molecular formula is C11H12ClN. The molecule has 1 heterocycles. The van der Waals surface area contributed by atoms with Gasteiger partial charge in [-0.05, 0) is 30.2 Å². The van der Waals surface area contributed by atoms with Crippen LogP contribution in [0, 0.1) is 0 Å². The third-order valence-corrected chi connectivity index (χ3v) is 2.46. The van der Waals surface area contributed by atoms with Gasteiger partial charge in [0.1, 0.15) is 0 Å². The Morgan fingerprint density at radius 2 is 2.00 bits per heavy atom. The first-order chi connectivity index (χ1) is 6.16. The molecule has 0 aliphatic heterocycles. The summed E-state index contributed by atoms with van der Waals surface area (Å²) in [6.45, 7) is 4.35. The zero-order chi connectivity index (χ0) is 9.42. The molecule has 0 aliphatic rings. The molecule has 0 bridgehead atoms. The molecule has 0 amide bonds. The molecule has 1 N–H and O–H groups in total. The zero-order valence-corrected chi connectivity index (χ0v) is 8.52. The fourth-order valence-electron chi connectivity index (χ4n) is 1.44. The highest BCUT2D eigenvalue weighted by atomic mass is 35.5. The number of nitrogens with one attached hydrogen (secondary N) is 1. The van der Waals surface area contributed by atoms with Crippen molar-refractivity contribution in [3.63, 3.8) is 0 Å². The van der Waals surface area contributed by atoms with Gasteiger partial charge in [0.25, 0.3) is 0 Å². The molecule has 0 aliphatic carbocycles. The second-order valence-corrected chi connectivity index (χ2v) is 4.05. The Morgan fingerprint density at radius 3 is 2.69 bits per heavy atom. The maximum atomic E-state index is 5.89. The van der Waals surface area contributed by atoms with E-state index in [0.717, 1.165) is 10.5 Å². The summed E-state index contributed by atoms with van der Waals surface area (Å²) >= 11 is 5.89. The van der Waals surface area contributed by atoms with Crippen LogP contribution in [0.1, 0.15) is 25.5 Å². The van der Waals surface area contributed by atoms with E-state index < -0.39 is 0 Å². The minimum absolute atomic E-state index is 0.533. The van der Waals surface area contributed by atoms with Crippen LogP contribution >= 0.6 is 11.6 Å². The van der Waals surface area contributed by atoms with Crippen molar-refractivity contribution in [3.8, 4) is 0 Å². The lowest BCUT2D eigenvalue weighted by molar-refractivity contribution is 0.836. The van der Waals surface area contributed by atoms with E-state index in [9.17, 15) is 0 Å². The molecule has 1 aromatic heterocycles. The van der Waals surface area contributed by atoms with E-state index >= 15 is 0 Å². The van der Waals surface area contributed by atoms with Gasteiger partial charge in [-0.3, -0.25) is 0 Å². The quantitative estimate of drug-likeness (QED) is 0.706. The first-order valence-electron chi connectivity index (χ1n) is 4.45. The number of H-pyrrole nitrogens is 1. The highest BCUT2D eigenvalue weighted by Crippen LogP contribution is 2.23. The third-order valence-electron chi connectivity index (χ3n) is 2.23. The van der Waals surface area contributed by atoms with E-state index in [1.807, 2.05) is 18.2 Å². The fraction of sp³-hybridized carbons (Fsp3) is 0.273. The van der Waals surface area contributed by atoms with Crippen molar-refractivity contribution in [1.82, 2.24) is 4.98 Å². The van der Waals surface area contributed by atoms with Crippen molar-refractivity contribution in [2.24, 2.45) is 0 Å². The first-order valence-corrected chi connectivity index (χ1v) is 4.83. The highest BCUT2D eigenvalue weighted by molar-refractivity contribution is 6.31. The smallest absolute Gasteiger partial charge is 0.0457 e. The van der Waals surface area contributed by atoms with Gasteiger partial charge in [-0.1, -0.05) is 25.4 Å². The van der Waals surface area contributed by atoms with Gasteiger partial charge in [-0.2, -0.15) is 0 Å². The number of halogens is 1. The molecule has 1 nitrogen and oxygen atoms in total. The number of rotatable bonds is 1. The third kappa shape index (κ3) is 1.56. The van der Waals surface area contributed by atoms with Gasteiger partial charge in [0.05, 0.1) is 0 Å². The van der Waals surface area contributed by atoms with Gasteiger partial charge in [0, 0.05) is 21.6 Å². The molecule has 68 valence electrons. The molecule has 2 heteroatoms. The zero-order valence-electron chi connectivity index (χ0n) is 7.76. The van der Waals surface area contributed by atoms with E-state index in [-0.39, 0.29) is 0 Å². The van der Waals surface area contributed by atoms with Crippen LogP contribution in [0.15, 0.2) is 24.3 Å². The predicted octanol–water partition coefficient (Wildman–Crippen LogP) is 3.94. The fourth-order valence-corrected chi connectivity index (χ4v) is 1.62. The number of fused-ring (bicyclic) bond motifs is 1. The standard InChI is InChI=1S/C11H12ClN/c1-7(2)11-6-8-5-9(12)3-4-10(8)13-11/h3-7,13H,1-2H3. The second kappa shape index (κ2) is 3.08. The minimum atomic E-state index is 0.533. The van der Waals surface area contributed by atoms with Crippen LogP contribution in [0.5, 0.6) is 0 Å². The van der Waals surface area contributed by atoms with Crippen molar-refractivity contribution in [2.75, 3.05) is 0 Å². The SMILES string of the molecule is CC(C)c1cc2cc(Cl)ccc2[nH]1. The van der Waals surface area contributed by atoms with Crippen LogP contribution in [-0.2, 0) is 0 Å². The lowest BCUT2D eigenvalue weighted by Crippen LogP contribution is -1.84. The van der Waals surface area contributed by atoms with Crippen LogP contribution in [0.4, 0.5) is 0 Å². The first kappa shape index (κ1) is 8.64. The largest absolute Gasteiger partial charge is 0.358 e. The highest BCUT2D eigenvalue weighted by Gasteiger charge is 2.03. The monoisotopic (exact) mass is 193 g/mol. The van der Waals surface area contributed by atoms with E-state index in [2.05, 4.69) is 24.9 Å². The number of hydrogen-bond donors (Lipinski definition) is 1. The van der Waals surface area contributed by atoms with Crippen molar-refractivity contribution >= 4 is 22.5 Å². The number of aromatic nitrogens is 1. The van der Waals surface area contributed by atoms with Crippen LogP contribution in [0.2, 0.25) is 5.02 Å². The van der Waals surface area contributed by atoms with Crippen molar-refractivity contribution < 1.29 is 0 Å². The van der Waals surface area contributed by atoms with E-state index in [0.29, 0.717) is 5.92 Å². The summed E-state index contributed by atoms with van der Waals surface area (Å²) in [5.41, 5.74) is 2.42. The van der Waals surface area contributed by atoms with E-state index in [4.69, 9.17) is 11.6 Å². The Balaban J connectivity index is 2.62. The van der Waals surface area contributed by atoms with Crippen molar-refractivity contribution in [3.05, 3.63) is 35.0 Å². The molecule has 0 saturated carbocycles. The molecule has 13 heavy (non-hydrogen) atoms. The van der Waals surface area contributed by atoms with Gasteiger partial charge >= 0.3 is 0 Å². The summed E-state index contributed by atoms with van der Waals surface area (Å²) in [4.78, 5) is 3.36. The minimum Gasteiger partial charge on any atom is -0.358 e. The van der Waals surface area contributed by atoms with Gasteiger partial charge in [0.2, 0.25) is 0 Å². The summed E-state index contributed by atoms with van der Waals surface area (Å²) in [7, 11) is 0. The normalized spacial score (nSPS) is 11.4. The maximum Gasteiger partial charge on any atom is 0.0457 e. The summed E-state index contributed by atoms with van der Waals surface area (Å²) in [5.74, 6) is 0.533. The number of aromatic amines is 1. The molecule has 0 spiro atoms. The van der Waals surface area contributed by atoms with Crippen LogP contribution in [-0.4, -0.2) is 4.98 Å². The van der Waals surface area contributed by atoms with Gasteiger partial charge in [-0.25, -0.2) is 0 Å². The van der Waals surface area contributed by atoms with Crippen LogP contribution in [0.3, 0.4) is 0 Å². The van der Waals surface area contributed by atoms with Crippen molar-refractivity contribution in [1.29, 1.82) is 0 Å². The van der Waals surface area contributed by atoms with E-state index in [1.165, 1.54) is 11.1 Å². The van der Waals surface area contributed by atoms with Gasteiger partial charge in [-0.15, -0.1) is 0 Å². The summed E-state index contributed by atoms with van der Waals surface area (Å²) < 4.78 is 0. The van der Waals surface area contributed by atoms with E-state index in [1.54, 1.807) is 0 Å². The maximum absolute atomic E-state index is 5.89. The number of benzene rings is 1. The molecule has 1 aromatic carbocycles. The second-order valence-electron chi connectivity index (χ2n) is 3.61. The average Bonchev–Trinajstić information content (AvgIpc) is 2.46. The average molecular weight is 194 g/mol. The number of hydrogen-bond acceptors (Lipinski definition) is 0. The Morgan fingerprint density at radius 1 is 1.23 bits per heavy atom. The molecule has 0 atom stereocenters. The summed E-state index contributed by atoms with van der Waals surface area (Å²) in [6.07, 6.45) is 0.